The van der Waals surface area contributed by atoms with Crippen LogP contribution in [0.25, 0.3) is 0 Å². The van der Waals surface area contributed by atoms with Crippen LogP contribution in [0.1, 0.15) is 24.3 Å². The lowest BCUT2D eigenvalue weighted by molar-refractivity contribution is 0.349. The van der Waals surface area contributed by atoms with Crippen LogP contribution >= 0.6 is 11.3 Å². The molecule has 0 spiro atoms. The van der Waals surface area contributed by atoms with Crippen LogP contribution in [-0.2, 0) is 23.1 Å². The molecule has 21 heavy (non-hydrogen) atoms. The Morgan fingerprint density at radius 1 is 1.14 bits per heavy atom. The lowest BCUT2D eigenvalue weighted by Crippen LogP contribution is -2.36. The summed E-state index contributed by atoms with van der Waals surface area (Å²) in [5.74, 6) is 0. The van der Waals surface area contributed by atoms with Gasteiger partial charge in [-0.2, -0.15) is 4.31 Å². The number of benzene rings is 1. The summed E-state index contributed by atoms with van der Waals surface area (Å²) in [5, 5.41) is 0. The van der Waals surface area contributed by atoms with Crippen LogP contribution in [0.3, 0.4) is 0 Å². The van der Waals surface area contributed by atoms with Gasteiger partial charge in [0.1, 0.15) is 4.21 Å². The van der Waals surface area contributed by atoms with Crippen LogP contribution in [0.5, 0.6) is 0 Å². The average Bonchev–Trinajstić information content (AvgIpc) is 2.95. The number of nitrogens with two attached hydrogens (primary N) is 1. The number of sulfonamides is 1. The average molecular weight is 324 g/mol. The van der Waals surface area contributed by atoms with E-state index in [4.69, 9.17) is 5.73 Å². The second-order valence-corrected chi connectivity index (χ2v) is 8.34. The van der Waals surface area contributed by atoms with Gasteiger partial charge in [-0.25, -0.2) is 8.42 Å². The van der Waals surface area contributed by atoms with Crippen LogP contribution in [0.15, 0.2) is 46.7 Å². The minimum atomic E-state index is -3.49. The lowest BCUT2D eigenvalue weighted by atomic mass is 10.2. The van der Waals surface area contributed by atoms with Crippen LogP contribution in [0.2, 0.25) is 0 Å². The Balaban J connectivity index is 2.32. The molecule has 0 aliphatic rings. The first kappa shape index (κ1) is 16.2. The third-order valence-corrected chi connectivity index (χ3v) is 6.76. The van der Waals surface area contributed by atoms with Crippen molar-refractivity contribution in [1.82, 2.24) is 4.31 Å². The highest BCUT2D eigenvalue weighted by Crippen LogP contribution is 2.27. The van der Waals surface area contributed by atoms with Crippen molar-refractivity contribution in [2.24, 2.45) is 5.73 Å². The number of hydrogen-bond acceptors (Lipinski definition) is 4. The standard InChI is InChI=1S/C15H20N2O2S2/c1-12(2)17(11-13-6-4-3-5-7-13)21(18,19)15-9-8-14(10-16)20-15/h3-9,12H,10-11,16H2,1-2H3. The number of thiophene rings is 1. The highest BCUT2D eigenvalue weighted by atomic mass is 32.2. The molecule has 0 unspecified atom stereocenters. The van der Waals surface area contributed by atoms with Crippen molar-refractivity contribution >= 4 is 21.4 Å². The molecule has 2 rings (SSSR count). The van der Waals surface area contributed by atoms with Crippen LogP contribution in [0, 0.1) is 0 Å². The summed E-state index contributed by atoms with van der Waals surface area (Å²) in [6, 6.07) is 12.9. The Kier molecular flexibility index (Phi) is 5.16. The molecule has 0 saturated carbocycles. The molecule has 0 aliphatic carbocycles. The molecule has 0 aliphatic heterocycles. The molecule has 1 heterocycles. The van der Waals surface area contributed by atoms with Crippen molar-refractivity contribution in [1.29, 1.82) is 0 Å². The molecule has 0 radical (unpaired) electrons. The van der Waals surface area contributed by atoms with Crippen molar-refractivity contribution in [3.63, 3.8) is 0 Å². The van der Waals surface area contributed by atoms with E-state index in [1.54, 1.807) is 12.1 Å². The maximum Gasteiger partial charge on any atom is 0.253 e. The lowest BCUT2D eigenvalue weighted by Gasteiger charge is -2.25. The van der Waals surface area contributed by atoms with Gasteiger partial charge in [0.05, 0.1) is 0 Å². The topological polar surface area (TPSA) is 63.4 Å². The predicted molar refractivity (Wildman–Crippen MR) is 86.5 cm³/mol. The molecular weight excluding hydrogens is 304 g/mol. The Bertz CT molecular complexity index is 679. The second kappa shape index (κ2) is 6.70. The zero-order valence-corrected chi connectivity index (χ0v) is 13.8. The Hall–Kier alpha value is -1.21. The fourth-order valence-corrected chi connectivity index (χ4v) is 5.02. The fraction of sp³-hybridized carbons (Fsp3) is 0.333. The summed E-state index contributed by atoms with van der Waals surface area (Å²) >= 11 is 1.24. The predicted octanol–water partition coefficient (Wildman–Crippen LogP) is 2.81. The van der Waals surface area contributed by atoms with Gasteiger partial charge in [-0.1, -0.05) is 30.3 Å². The highest BCUT2D eigenvalue weighted by molar-refractivity contribution is 7.91. The minimum absolute atomic E-state index is 0.112. The van der Waals surface area contributed by atoms with Gasteiger partial charge in [0.15, 0.2) is 0 Å². The Labute approximate surface area is 130 Å². The molecule has 0 amide bonds. The minimum Gasteiger partial charge on any atom is -0.326 e. The van der Waals surface area contributed by atoms with Gasteiger partial charge in [0.2, 0.25) is 0 Å². The van der Waals surface area contributed by atoms with Gasteiger partial charge in [0.25, 0.3) is 10.0 Å². The fourth-order valence-electron chi connectivity index (χ4n) is 2.03. The quantitative estimate of drug-likeness (QED) is 0.888. The van der Waals surface area contributed by atoms with Gasteiger partial charge in [0, 0.05) is 24.0 Å². The van der Waals surface area contributed by atoms with E-state index in [-0.39, 0.29) is 6.04 Å². The van der Waals surface area contributed by atoms with Gasteiger partial charge < -0.3 is 5.73 Å². The van der Waals surface area contributed by atoms with E-state index in [9.17, 15) is 8.42 Å². The first-order chi connectivity index (χ1) is 9.95. The monoisotopic (exact) mass is 324 g/mol. The van der Waals surface area contributed by atoms with E-state index < -0.39 is 10.0 Å². The molecule has 1 aromatic carbocycles. The molecule has 0 fully saturated rings. The summed E-state index contributed by atoms with van der Waals surface area (Å²) < 4.78 is 27.5. The van der Waals surface area contributed by atoms with Crippen LogP contribution < -0.4 is 5.73 Å². The molecule has 2 N–H and O–H groups in total. The summed E-state index contributed by atoms with van der Waals surface area (Å²) in [5.41, 5.74) is 6.55. The summed E-state index contributed by atoms with van der Waals surface area (Å²) in [7, 11) is -3.49. The maximum atomic E-state index is 12.8. The first-order valence-electron chi connectivity index (χ1n) is 6.79. The SMILES string of the molecule is CC(C)N(Cc1ccccc1)S(=O)(=O)c1ccc(CN)s1. The normalized spacial score (nSPS) is 12.2. The summed E-state index contributed by atoms with van der Waals surface area (Å²) in [4.78, 5) is 0.872. The maximum absolute atomic E-state index is 12.8. The number of hydrogen-bond donors (Lipinski definition) is 1. The molecule has 0 atom stereocenters. The Morgan fingerprint density at radius 3 is 2.33 bits per heavy atom. The van der Waals surface area contributed by atoms with E-state index in [2.05, 4.69) is 0 Å². The van der Waals surface area contributed by atoms with Crippen molar-refractivity contribution in [3.8, 4) is 0 Å². The summed E-state index contributed by atoms with van der Waals surface area (Å²) in [6.45, 7) is 4.51. The summed E-state index contributed by atoms with van der Waals surface area (Å²) in [6.07, 6.45) is 0. The molecule has 2 aromatic rings. The van der Waals surface area contributed by atoms with Crippen molar-refractivity contribution in [3.05, 3.63) is 52.9 Å². The van der Waals surface area contributed by atoms with Crippen molar-refractivity contribution < 1.29 is 8.42 Å². The zero-order valence-electron chi connectivity index (χ0n) is 12.2. The second-order valence-electron chi connectivity index (χ2n) is 5.05. The van der Waals surface area contributed by atoms with E-state index in [1.807, 2.05) is 44.2 Å². The van der Waals surface area contributed by atoms with Crippen LogP contribution in [0.4, 0.5) is 0 Å². The first-order valence-corrected chi connectivity index (χ1v) is 9.05. The smallest absolute Gasteiger partial charge is 0.253 e. The van der Waals surface area contributed by atoms with Crippen LogP contribution in [-0.4, -0.2) is 18.8 Å². The van der Waals surface area contributed by atoms with Crippen molar-refractivity contribution in [2.75, 3.05) is 0 Å². The van der Waals surface area contributed by atoms with Gasteiger partial charge in [-0.05, 0) is 31.5 Å². The van der Waals surface area contributed by atoms with Gasteiger partial charge >= 0.3 is 0 Å². The molecule has 114 valence electrons. The van der Waals surface area contributed by atoms with E-state index in [0.717, 1.165) is 10.4 Å². The number of nitrogens with zero attached hydrogens (tertiary/aromatic N) is 1. The molecule has 1 aromatic heterocycles. The van der Waals surface area contributed by atoms with Crippen molar-refractivity contribution in [2.45, 2.75) is 37.2 Å². The largest absolute Gasteiger partial charge is 0.326 e. The van der Waals surface area contributed by atoms with E-state index in [0.29, 0.717) is 17.3 Å². The van der Waals surface area contributed by atoms with Gasteiger partial charge in [-0.3, -0.25) is 0 Å². The number of rotatable bonds is 6. The molecule has 0 saturated heterocycles. The molecule has 0 bridgehead atoms. The zero-order chi connectivity index (χ0) is 15.5. The molecular formula is C15H20N2O2S2. The van der Waals surface area contributed by atoms with Gasteiger partial charge in [-0.15, -0.1) is 11.3 Å². The molecule has 4 nitrogen and oxygen atoms in total. The highest BCUT2D eigenvalue weighted by Gasteiger charge is 2.28. The molecule has 6 heteroatoms. The third-order valence-electron chi connectivity index (χ3n) is 3.16. The van der Waals surface area contributed by atoms with E-state index >= 15 is 0 Å². The van der Waals surface area contributed by atoms with E-state index in [1.165, 1.54) is 15.6 Å². The third kappa shape index (κ3) is 3.71. The Morgan fingerprint density at radius 2 is 1.81 bits per heavy atom.